The second kappa shape index (κ2) is 2.99. The molecule has 7 heavy (non-hydrogen) atoms. The van der Waals surface area contributed by atoms with E-state index >= 15 is 0 Å². The fourth-order valence-electron chi connectivity index (χ4n) is 0. The zero-order valence-electron chi connectivity index (χ0n) is 5.36. The van der Waals surface area contributed by atoms with E-state index in [0.29, 0.717) is 5.54 Å². The Morgan fingerprint density at radius 2 is 1.57 bits per heavy atom. The Bertz CT molecular complexity index is 37.8. The second-order valence-corrected chi connectivity index (χ2v) is 2.52. The van der Waals surface area contributed by atoms with Gasteiger partial charge >= 0.3 is 0 Å². The highest BCUT2D eigenvalue weighted by atomic mass is 16.0. The van der Waals surface area contributed by atoms with Crippen molar-refractivity contribution in [1.29, 1.82) is 0 Å². The molecule has 0 saturated heterocycles. The van der Waals surface area contributed by atoms with E-state index in [1.807, 2.05) is 0 Å². The summed E-state index contributed by atoms with van der Waals surface area (Å²) in [5.74, 6) is 0. The SMILES string of the molecule is CCC(C)(C)[NH3+].[OH-]. The summed E-state index contributed by atoms with van der Waals surface area (Å²) in [5, 5.41) is 0. The lowest BCUT2D eigenvalue weighted by molar-refractivity contribution is -0.466. The molecule has 0 amide bonds. The Hall–Kier alpha value is -0.0800. The first kappa shape index (κ1) is 10.0. The lowest BCUT2D eigenvalue weighted by Gasteiger charge is -2.08. The molecule has 0 aromatic rings. The van der Waals surface area contributed by atoms with Crippen molar-refractivity contribution in [3.63, 3.8) is 0 Å². The van der Waals surface area contributed by atoms with Crippen LogP contribution in [-0.2, 0) is 0 Å². The molecule has 0 aliphatic carbocycles. The standard InChI is InChI=1S/C5H13N.H2O/c1-4-5(2,3)6;/h4,6H2,1-3H3;1H2. The first-order valence-corrected chi connectivity index (χ1v) is 2.41. The predicted molar refractivity (Wildman–Crippen MR) is 29.2 cm³/mol. The number of rotatable bonds is 1. The van der Waals surface area contributed by atoms with E-state index in [9.17, 15) is 0 Å². The molecule has 0 aromatic carbocycles. The van der Waals surface area contributed by atoms with Gasteiger partial charge in [0.05, 0.1) is 5.54 Å². The Balaban J connectivity index is 0. The molecule has 0 radical (unpaired) electrons. The van der Waals surface area contributed by atoms with Crippen LogP contribution in [0.2, 0.25) is 0 Å². The molecule has 0 unspecified atom stereocenters. The molecule has 0 heterocycles. The maximum atomic E-state index is 3.89. The quantitative estimate of drug-likeness (QED) is 0.510. The van der Waals surface area contributed by atoms with E-state index in [2.05, 4.69) is 26.5 Å². The van der Waals surface area contributed by atoms with Crippen LogP contribution in [0, 0.1) is 0 Å². The van der Waals surface area contributed by atoms with Gasteiger partial charge in [-0.25, -0.2) is 0 Å². The summed E-state index contributed by atoms with van der Waals surface area (Å²) in [6, 6.07) is 0. The molecule has 0 bridgehead atoms. The van der Waals surface area contributed by atoms with Gasteiger partial charge in [0.1, 0.15) is 0 Å². The maximum Gasteiger partial charge on any atom is 0.0886 e. The maximum absolute atomic E-state index is 3.89. The minimum absolute atomic E-state index is 0. The summed E-state index contributed by atoms with van der Waals surface area (Å²) >= 11 is 0. The van der Waals surface area contributed by atoms with Crippen molar-refractivity contribution in [2.75, 3.05) is 0 Å². The van der Waals surface area contributed by atoms with E-state index in [0.717, 1.165) is 6.42 Å². The molecule has 0 atom stereocenters. The number of quaternary nitrogens is 1. The zero-order valence-corrected chi connectivity index (χ0v) is 5.36. The molecule has 0 spiro atoms. The summed E-state index contributed by atoms with van der Waals surface area (Å²) in [5.41, 5.74) is 4.18. The van der Waals surface area contributed by atoms with Gasteiger partial charge in [-0.3, -0.25) is 0 Å². The summed E-state index contributed by atoms with van der Waals surface area (Å²) in [7, 11) is 0. The Labute approximate surface area is 45.0 Å². The molecular formula is C5H15NO. The van der Waals surface area contributed by atoms with Crippen LogP contribution in [0.1, 0.15) is 27.2 Å². The van der Waals surface area contributed by atoms with Crippen LogP contribution in [0.25, 0.3) is 0 Å². The summed E-state index contributed by atoms with van der Waals surface area (Å²) < 4.78 is 0. The van der Waals surface area contributed by atoms with E-state index < -0.39 is 0 Å². The van der Waals surface area contributed by atoms with Gasteiger partial charge in [-0.15, -0.1) is 0 Å². The van der Waals surface area contributed by atoms with Gasteiger partial charge in [-0.1, -0.05) is 6.92 Å². The van der Waals surface area contributed by atoms with Gasteiger partial charge in [0, 0.05) is 0 Å². The van der Waals surface area contributed by atoms with Gasteiger partial charge in [-0.05, 0) is 20.3 Å². The smallest absolute Gasteiger partial charge is 0.0886 e. The molecule has 0 saturated carbocycles. The second-order valence-electron chi connectivity index (χ2n) is 2.52. The van der Waals surface area contributed by atoms with Gasteiger partial charge in [0.2, 0.25) is 0 Å². The monoisotopic (exact) mass is 105 g/mol. The Kier molecular flexibility index (Phi) is 4.28. The molecule has 0 aliphatic rings. The minimum atomic E-state index is 0. The van der Waals surface area contributed by atoms with Crippen molar-refractivity contribution < 1.29 is 11.2 Å². The minimum Gasteiger partial charge on any atom is -0.870 e. The molecule has 2 heteroatoms. The zero-order chi connectivity index (χ0) is 5.21. The largest absolute Gasteiger partial charge is 0.870 e. The highest BCUT2D eigenvalue weighted by Gasteiger charge is 2.08. The topological polar surface area (TPSA) is 57.6 Å². The Morgan fingerprint density at radius 3 is 1.57 bits per heavy atom. The first-order valence-electron chi connectivity index (χ1n) is 2.41. The van der Waals surface area contributed by atoms with Crippen LogP contribution in [0.3, 0.4) is 0 Å². The predicted octanol–water partition coefficient (Wildman–Crippen LogP) is 0.240. The fourth-order valence-corrected chi connectivity index (χ4v) is 0. The summed E-state index contributed by atoms with van der Waals surface area (Å²) in [6.45, 7) is 6.41. The molecule has 0 fully saturated rings. The Morgan fingerprint density at radius 1 is 1.43 bits per heavy atom. The van der Waals surface area contributed by atoms with Crippen molar-refractivity contribution in [2.24, 2.45) is 0 Å². The highest BCUT2D eigenvalue weighted by Crippen LogP contribution is 1.96. The van der Waals surface area contributed by atoms with E-state index in [-0.39, 0.29) is 5.48 Å². The molecular weight excluding hydrogens is 90.1 g/mol. The fraction of sp³-hybridized carbons (Fsp3) is 1.00. The van der Waals surface area contributed by atoms with E-state index in [4.69, 9.17) is 0 Å². The van der Waals surface area contributed by atoms with Gasteiger partial charge in [-0.2, -0.15) is 0 Å². The summed E-state index contributed by atoms with van der Waals surface area (Å²) in [6.07, 6.45) is 1.16. The van der Waals surface area contributed by atoms with Crippen molar-refractivity contribution >= 4 is 0 Å². The number of hydrogen-bond acceptors (Lipinski definition) is 1. The van der Waals surface area contributed by atoms with Crippen LogP contribution in [0.5, 0.6) is 0 Å². The normalized spacial score (nSPS) is 10.3. The molecule has 46 valence electrons. The van der Waals surface area contributed by atoms with Crippen LogP contribution < -0.4 is 5.73 Å². The molecule has 2 nitrogen and oxygen atoms in total. The third-order valence-corrected chi connectivity index (χ3v) is 0.957. The van der Waals surface area contributed by atoms with Crippen molar-refractivity contribution in [3.05, 3.63) is 0 Å². The lowest BCUT2D eigenvalue weighted by atomic mass is 10.1. The van der Waals surface area contributed by atoms with Crippen molar-refractivity contribution in [2.45, 2.75) is 32.7 Å². The van der Waals surface area contributed by atoms with E-state index in [1.54, 1.807) is 0 Å². The third-order valence-electron chi connectivity index (χ3n) is 0.957. The lowest BCUT2D eigenvalue weighted by Crippen LogP contribution is -2.68. The summed E-state index contributed by atoms with van der Waals surface area (Å²) in [4.78, 5) is 0. The van der Waals surface area contributed by atoms with Crippen LogP contribution >= 0.6 is 0 Å². The molecule has 0 rings (SSSR count). The average molecular weight is 105 g/mol. The first-order chi connectivity index (χ1) is 2.56. The van der Waals surface area contributed by atoms with Gasteiger partial charge < -0.3 is 11.2 Å². The van der Waals surface area contributed by atoms with Crippen molar-refractivity contribution in [1.82, 2.24) is 0 Å². The molecule has 0 aliphatic heterocycles. The highest BCUT2D eigenvalue weighted by molar-refractivity contribution is 4.56. The third kappa shape index (κ3) is 10.7. The van der Waals surface area contributed by atoms with Gasteiger partial charge in [0.25, 0.3) is 0 Å². The average Bonchev–Trinajstić information content (AvgIpc) is 1.35. The molecule has 0 aromatic heterocycles. The van der Waals surface area contributed by atoms with Gasteiger partial charge in [0.15, 0.2) is 0 Å². The van der Waals surface area contributed by atoms with Crippen LogP contribution in [-0.4, -0.2) is 11.0 Å². The van der Waals surface area contributed by atoms with Crippen LogP contribution in [0.15, 0.2) is 0 Å². The van der Waals surface area contributed by atoms with Crippen molar-refractivity contribution in [3.8, 4) is 0 Å². The number of hydrogen-bond donors (Lipinski definition) is 1. The van der Waals surface area contributed by atoms with E-state index in [1.165, 1.54) is 0 Å². The van der Waals surface area contributed by atoms with Crippen LogP contribution in [0.4, 0.5) is 0 Å². The molecule has 4 N–H and O–H groups in total.